The van der Waals surface area contributed by atoms with Crippen molar-refractivity contribution in [1.82, 2.24) is 9.97 Å². The number of rotatable bonds is 3. The van der Waals surface area contributed by atoms with Crippen molar-refractivity contribution in [2.24, 2.45) is 0 Å². The maximum absolute atomic E-state index is 6.24. The van der Waals surface area contributed by atoms with Gasteiger partial charge in [0, 0.05) is 12.2 Å². The van der Waals surface area contributed by atoms with Crippen molar-refractivity contribution in [3.63, 3.8) is 0 Å². The Morgan fingerprint density at radius 2 is 1.58 bits per heavy atom. The lowest BCUT2D eigenvalue weighted by atomic mass is 10.2. The molecule has 0 saturated carbocycles. The van der Waals surface area contributed by atoms with Gasteiger partial charge in [-0.1, -0.05) is 29.3 Å². The maximum Gasteiger partial charge on any atom is 0.172 e. The molecule has 0 atom stereocenters. The van der Waals surface area contributed by atoms with Crippen molar-refractivity contribution < 1.29 is 0 Å². The Kier molecular flexibility index (Phi) is 4.05. The van der Waals surface area contributed by atoms with Crippen molar-refractivity contribution in [2.45, 2.75) is 27.7 Å². The topological polar surface area (TPSA) is 29.0 Å². The van der Waals surface area contributed by atoms with Gasteiger partial charge in [0.05, 0.1) is 11.4 Å². The second kappa shape index (κ2) is 5.57. The minimum absolute atomic E-state index is 0.450. The molecule has 3 nitrogen and oxygen atoms in total. The number of halogens is 1. The van der Waals surface area contributed by atoms with Crippen molar-refractivity contribution in [3.8, 4) is 0 Å². The van der Waals surface area contributed by atoms with Crippen LogP contribution in [-0.4, -0.2) is 16.5 Å². The van der Waals surface area contributed by atoms with Crippen LogP contribution in [0.2, 0.25) is 5.15 Å². The Morgan fingerprint density at radius 3 is 2.16 bits per heavy atom. The third kappa shape index (κ3) is 2.87. The summed E-state index contributed by atoms with van der Waals surface area (Å²) in [6, 6.07) is 8.32. The third-order valence-electron chi connectivity index (χ3n) is 3.17. The van der Waals surface area contributed by atoms with E-state index >= 15 is 0 Å². The maximum atomic E-state index is 6.24. The number of aromatic nitrogens is 2. The highest BCUT2D eigenvalue weighted by Gasteiger charge is 2.15. The second-order valence-electron chi connectivity index (χ2n) is 4.59. The van der Waals surface area contributed by atoms with Gasteiger partial charge in [-0.15, -0.1) is 0 Å². The number of hydrogen-bond acceptors (Lipinski definition) is 3. The van der Waals surface area contributed by atoms with Crippen LogP contribution in [0.15, 0.2) is 24.3 Å². The van der Waals surface area contributed by atoms with Crippen molar-refractivity contribution in [1.29, 1.82) is 0 Å². The van der Waals surface area contributed by atoms with Gasteiger partial charge in [-0.2, -0.15) is 0 Å². The fourth-order valence-electron chi connectivity index (χ4n) is 1.92. The van der Waals surface area contributed by atoms with E-state index in [0.29, 0.717) is 5.15 Å². The molecule has 100 valence electrons. The molecule has 1 heterocycles. The third-order valence-corrected chi connectivity index (χ3v) is 3.42. The van der Waals surface area contributed by atoms with E-state index in [4.69, 9.17) is 11.6 Å². The zero-order valence-electron chi connectivity index (χ0n) is 11.7. The first-order valence-electron chi connectivity index (χ1n) is 6.38. The molecule has 0 aliphatic carbocycles. The molecule has 0 spiro atoms. The van der Waals surface area contributed by atoms with Crippen molar-refractivity contribution in [3.05, 3.63) is 46.4 Å². The Labute approximate surface area is 119 Å². The van der Waals surface area contributed by atoms with Crippen LogP contribution in [0.1, 0.15) is 23.9 Å². The summed E-state index contributed by atoms with van der Waals surface area (Å²) in [6.07, 6.45) is 0. The summed E-state index contributed by atoms with van der Waals surface area (Å²) in [5, 5.41) is 0.450. The summed E-state index contributed by atoms with van der Waals surface area (Å²) in [5.41, 5.74) is 4.09. The zero-order chi connectivity index (χ0) is 14.0. The molecule has 0 N–H and O–H groups in total. The van der Waals surface area contributed by atoms with Gasteiger partial charge in [-0.3, -0.25) is 0 Å². The van der Waals surface area contributed by atoms with E-state index in [9.17, 15) is 0 Å². The zero-order valence-corrected chi connectivity index (χ0v) is 12.5. The molecule has 0 aliphatic heterocycles. The molecule has 2 rings (SSSR count). The largest absolute Gasteiger partial charge is 0.324 e. The molecule has 0 saturated heterocycles. The number of benzene rings is 1. The predicted octanol–water partition coefficient (Wildman–Crippen LogP) is 4.21. The molecule has 1 aromatic carbocycles. The minimum atomic E-state index is 0.450. The van der Waals surface area contributed by atoms with Gasteiger partial charge in [0.25, 0.3) is 0 Å². The fraction of sp³-hybridized carbons (Fsp3) is 0.333. The molecule has 0 fully saturated rings. The summed E-state index contributed by atoms with van der Waals surface area (Å²) in [4.78, 5) is 11.0. The molecule has 0 unspecified atom stereocenters. The monoisotopic (exact) mass is 275 g/mol. The van der Waals surface area contributed by atoms with Gasteiger partial charge in [-0.25, -0.2) is 9.97 Å². The van der Waals surface area contributed by atoms with E-state index in [2.05, 4.69) is 53.0 Å². The Morgan fingerprint density at radius 1 is 1.00 bits per heavy atom. The van der Waals surface area contributed by atoms with Crippen molar-refractivity contribution >= 4 is 23.1 Å². The van der Waals surface area contributed by atoms with Crippen LogP contribution in [0.5, 0.6) is 0 Å². The molecule has 0 amide bonds. The molecule has 4 heteroatoms. The number of anilines is 2. The summed E-state index contributed by atoms with van der Waals surface area (Å²) >= 11 is 6.24. The highest BCUT2D eigenvalue weighted by molar-refractivity contribution is 6.31. The van der Waals surface area contributed by atoms with Crippen LogP contribution in [-0.2, 0) is 0 Å². The van der Waals surface area contributed by atoms with E-state index in [-0.39, 0.29) is 0 Å². The Hall–Kier alpha value is -1.61. The van der Waals surface area contributed by atoms with Gasteiger partial charge in [-0.05, 0) is 39.8 Å². The first-order valence-corrected chi connectivity index (χ1v) is 6.75. The van der Waals surface area contributed by atoms with Crippen LogP contribution in [0.25, 0.3) is 0 Å². The molecule has 1 aromatic heterocycles. The second-order valence-corrected chi connectivity index (χ2v) is 4.95. The molecule has 0 aliphatic rings. The van der Waals surface area contributed by atoms with Crippen LogP contribution < -0.4 is 4.90 Å². The first kappa shape index (κ1) is 13.8. The quantitative estimate of drug-likeness (QED) is 0.840. The fourth-order valence-corrected chi connectivity index (χ4v) is 2.19. The number of nitrogens with zero attached hydrogens (tertiary/aromatic N) is 3. The summed E-state index contributed by atoms with van der Waals surface area (Å²) in [6.45, 7) is 8.81. The molecule has 0 bridgehead atoms. The summed E-state index contributed by atoms with van der Waals surface area (Å²) < 4.78 is 0. The number of hydrogen-bond donors (Lipinski definition) is 0. The van der Waals surface area contributed by atoms with E-state index < -0.39 is 0 Å². The predicted molar refractivity (Wildman–Crippen MR) is 80.4 cm³/mol. The first-order chi connectivity index (χ1) is 9.02. The highest BCUT2D eigenvalue weighted by atomic mass is 35.5. The molecule has 19 heavy (non-hydrogen) atoms. The lowest BCUT2D eigenvalue weighted by molar-refractivity contribution is 0.946. The van der Waals surface area contributed by atoms with Gasteiger partial charge < -0.3 is 4.90 Å². The SMILES string of the molecule is CCN(c1ccc(C)cc1)c1nc(C)c(C)nc1Cl. The lowest BCUT2D eigenvalue weighted by Gasteiger charge is -2.23. The highest BCUT2D eigenvalue weighted by Crippen LogP contribution is 2.29. The molecular formula is C15H18ClN3. The smallest absolute Gasteiger partial charge is 0.172 e. The summed E-state index contributed by atoms with van der Waals surface area (Å²) in [7, 11) is 0. The van der Waals surface area contributed by atoms with Gasteiger partial charge >= 0.3 is 0 Å². The van der Waals surface area contributed by atoms with E-state index in [0.717, 1.165) is 29.4 Å². The van der Waals surface area contributed by atoms with Crippen LogP contribution >= 0.6 is 11.6 Å². The summed E-state index contributed by atoms with van der Waals surface area (Å²) in [5.74, 6) is 0.719. The standard InChI is InChI=1S/C15H18ClN3/c1-5-19(13-8-6-10(2)7-9-13)15-14(16)17-11(3)12(4)18-15/h6-9H,5H2,1-4H3. The van der Waals surface area contributed by atoms with E-state index in [1.54, 1.807) is 0 Å². The van der Waals surface area contributed by atoms with Crippen LogP contribution in [0.3, 0.4) is 0 Å². The molecule has 2 aromatic rings. The van der Waals surface area contributed by atoms with E-state index in [1.165, 1.54) is 5.56 Å². The minimum Gasteiger partial charge on any atom is -0.324 e. The molecule has 0 radical (unpaired) electrons. The molecular weight excluding hydrogens is 258 g/mol. The Bertz CT molecular complexity index is 579. The average molecular weight is 276 g/mol. The van der Waals surface area contributed by atoms with Gasteiger partial charge in [0.15, 0.2) is 11.0 Å². The van der Waals surface area contributed by atoms with Crippen molar-refractivity contribution in [2.75, 3.05) is 11.4 Å². The van der Waals surface area contributed by atoms with Crippen LogP contribution in [0.4, 0.5) is 11.5 Å². The number of aryl methyl sites for hydroxylation is 3. The normalized spacial score (nSPS) is 10.6. The van der Waals surface area contributed by atoms with Gasteiger partial charge in [0.1, 0.15) is 0 Å². The lowest BCUT2D eigenvalue weighted by Crippen LogP contribution is -2.19. The van der Waals surface area contributed by atoms with Crippen LogP contribution in [0, 0.1) is 20.8 Å². The average Bonchev–Trinajstić information content (AvgIpc) is 2.38. The Balaban J connectivity index is 2.47. The van der Waals surface area contributed by atoms with Gasteiger partial charge in [0.2, 0.25) is 0 Å². The van der Waals surface area contributed by atoms with E-state index in [1.807, 2.05) is 13.8 Å².